The van der Waals surface area contributed by atoms with E-state index in [4.69, 9.17) is 5.73 Å². The highest BCUT2D eigenvalue weighted by molar-refractivity contribution is 7.89. The average molecular weight is 312 g/mol. The van der Waals surface area contributed by atoms with Gasteiger partial charge in [-0.15, -0.1) is 0 Å². The predicted molar refractivity (Wildman–Crippen MR) is 73.8 cm³/mol. The van der Waals surface area contributed by atoms with Crippen molar-refractivity contribution in [1.82, 2.24) is 24.5 Å². The second-order valence-electron chi connectivity index (χ2n) is 4.47. The highest BCUT2D eigenvalue weighted by Gasteiger charge is 2.18. The van der Waals surface area contributed by atoms with Crippen molar-refractivity contribution in [2.45, 2.75) is 17.7 Å². The minimum absolute atomic E-state index is 0.0125. The van der Waals surface area contributed by atoms with Crippen LogP contribution in [0.2, 0.25) is 0 Å². The van der Waals surface area contributed by atoms with E-state index in [0.717, 1.165) is 0 Å². The van der Waals surface area contributed by atoms with Crippen LogP contribution in [0.3, 0.4) is 0 Å². The normalized spacial score (nSPS) is 11.7. The number of hydrogen-bond donors (Lipinski definition) is 3. The van der Waals surface area contributed by atoms with Gasteiger partial charge in [-0.2, -0.15) is 5.10 Å². The summed E-state index contributed by atoms with van der Waals surface area (Å²) >= 11 is 0. The summed E-state index contributed by atoms with van der Waals surface area (Å²) in [5.41, 5.74) is 5.29. The molecule has 0 aliphatic rings. The minimum atomic E-state index is -3.66. The molecule has 2 rings (SSSR count). The van der Waals surface area contributed by atoms with Gasteiger partial charge in [0.2, 0.25) is 10.0 Å². The van der Waals surface area contributed by atoms with Crippen LogP contribution >= 0.6 is 0 Å². The summed E-state index contributed by atoms with van der Waals surface area (Å²) in [6.07, 6.45) is 3.90. The molecule has 0 saturated carbocycles. The third-order valence-corrected chi connectivity index (χ3v) is 4.32. The molecule has 2 heterocycles. The van der Waals surface area contributed by atoms with E-state index >= 15 is 0 Å². The second kappa shape index (κ2) is 6.06. The molecule has 9 nitrogen and oxygen atoms in total. The fourth-order valence-electron chi connectivity index (χ4n) is 1.82. The van der Waals surface area contributed by atoms with Gasteiger partial charge in [-0.25, -0.2) is 18.1 Å². The van der Waals surface area contributed by atoms with Gasteiger partial charge in [0.25, 0.3) is 5.91 Å². The zero-order valence-corrected chi connectivity index (χ0v) is 12.2. The third-order valence-electron chi connectivity index (χ3n) is 2.89. The van der Waals surface area contributed by atoms with Crippen molar-refractivity contribution in [2.75, 3.05) is 6.54 Å². The van der Waals surface area contributed by atoms with Crippen molar-refractivity contribution in [3.05, 3.63) is 30.1 Å². The number of carbonyl (C=O) groups excluding carboxylic acids is 1. The largest absolute Gasteiger partial charge is 0.364 e. The molecule has 2 aromatic rings. The smallest absolute Gasteiger partial charge is 0.265 e. The lowest BCUT2D eigenvalue weighted by Crippen LogP contribution is -2.25. The highest BCUT2D eigenvalue weighted by atomic mass is 32.2. The van der Waals surface area contributed by atoms with Gasteiger partial charge in [0.15, 0.2) is 0 Å². The minimum Gasteiger partial charge on any atom is -0.364 e. The summed E-state index contributed by atoms with van der Waals surface area (Å²) < 4.78 is 28.0. The van der Waals surface area contributed by atoms with E-state index in [0.29, 0.717) is 18.7 Å². The van der Waals surface area contributed by atoms with Crippen LogP contribution in [0.25, 0.3) is 0 Å². The van der Waals surface area contributed by atoms with Gasteiger partial charge < -0.3 is 10.3 Å². The molecule has 0 aliphatic carbocycles. The van der Waals surface area contributed by atoms with E-state index in [-0.39, 0.29) is 17.1 Å². The molecule has 2 aromatic heterocycles. The molecule has 0 saturated heterocycles. The predicted octanol–water partition coefficient (Wildman–Crippen LogP) is -0.847. The molecule has 1 amide bonds. The molecule has 0 radical (unpaired) electrons. The summed E-state index contributed by atoms with van der Waals surface area (Å²) in [5, 5.41) is 6.40. The summed E-state index contributed by atoms with van der Waals surface area (Å²) in [6.45, 7) is 0.254. The van der Waals surface area contributed by atoms with E-state index in [9.17, 15) is 13.2 Å². The maximum Gasteiger partial charge on any atom is 0.265 e. The Morgan fingerprint density at radius 3 is 2.86 bits per heavy atom. The third kappa shape index (κ3) is 3.67. The number of H-pyrrole nitrogens is 1. The number of aryl methyl sites for hydroxylation is 2. The van der Waals surface area contributed by atoms with Crippen molar-refractivity contribution in [1.29, 1.82) is 0 Å². The first-order chi connectivity index (χ1) is 9.90. The Morgan fingerprint density at radius 2 is 2.29 bits per heavy atom. The summed E-state index contributed by atoms with van der Waals surface area (Å²) in [5.74, 6) is 0.0224. The first kappa shape index (κ1) is 15.2. The van der Waals surface area contributed by atoms with E-state index in [1.165, 1.54) is 23.2 Å². The number of sulfonamides is 1. The van der Waals surface area contributed by atoms with Gasteiger partial charge in [0.05, 0.1) is 0 Å². The van der Waals surface area contributed by atoms with Crippen LogP contribution in [-0.2, 0) is 23.5 Å². The molecule has 114 valence electrons. The second-order valence-corrected chi connectivity index (χ2v) is 6.24. The number of aromatic nitrogens is 4. The molecule has 0 spiro atoms. The molecule has 10 heteroatoms. The van der Waals surface area contributed by atoms with Crippen LogP contribution in [-0.4, -0.2) is 40.6 Å². The Labute approximate surface area is 121 Å². The highest BCUT2D eigenvalue weighted by Crippen LogP contribution is 2.12. The molecular weight excluding hydrogens is 296 g/mol. The number of carbonyl (C=O) groups is 1. The molecule has 0 atom stereocenters. The number of nitrogens with one attached hydrogen (secondary N) is 2. The van der Waals surface area contributed by atoms with Crippen molar-refractivity contribution < 1.29 is 13.2 Å². The van der Waals surface area contributed by atoms with Gasteiger partial charge in [-0.05, 0) is 12.5 Å². The lowest BCUT2D eigenvalue weighted by molar-refractivity contribution is 0.0992. The van der Waals surface area contributed by atoms with Crippen LogP contribution in [0.5, 0.6) is 0 Å². The number of nitrogens with two attached hydrogens (primary N) is 1. The van der Waals surface area contributed by atoms with Crippen LogP contribution < -0.4 is 10.5 Å². The molecule has 0 aromatic carbocycles. The van der Waals surface area contributed by atoms with Gasteiger partial charge in [-0.3, -0.25) is 9.89 Å². The number of hydrogen-bond acceptors (Lipinski definition) is 5. The SMILES string of the molecule is Cn1cc(S(=O)(=O)NCCCc2ncn[nH]2)cc1C(N)=O. The Hall–Kier alpha value is -2.20. The maximum absolute atomic E-state index is 12.1. The van der Waals surface area contributed by atoms with Gasteiger partial charge in [0.1, 0.15) is 22.7 Å². The number of rotatable bonds is 7. The molecule has 0 aliphatic heterocycles. The van der Waals surface area contributed by atoms with Gasteiger partial charge in [0, 0.05) is 26.2 Å². The summed E-state index contributed by atoms with van der Waals surface area (Å²) in [4.78, 5) is 15.1. The van der Waals surface area contributed by atoms with Crippen molar-refractivity contribution in [3.8, 4) is 0 Å². The fraction of sp³-hybridized carbons (Fsp3) is 0.364. The fourth-order valence-corrected chi connectivity index (χ4v) is 2.97. The summed E-state index contributed by atoms with van der Waals surface area (Å²) in [7, 11) is -2.10. The first-order valence-corrected chi connectivity index (χ1v) is 7.68. The zero-order valence-electron chi connectivity index (χ0n) is 11.4. The van der Waals surface area contributed by atoms with Crippen molar-refractivity contribution >= 4 is 15.9 Å². The van der Waals surface area contributed by atoms with Crippen molar-refractivity contribution in [3.63, 3.8) is 0 Å². The van der Waals surface area contributed by atoms with Crippen molar-refractivity contribution in [2.24, 2.45) is 12.8 Å². The molecule has 0 fully saturated rings. The standard InChI is InChI=1S/C11H16N6O3S/c1-17-6-8(5-9(17)11(12)18)21(19,20)15-4-2-3-10-13-7-14-16-10/h5-7,15H,2-4H2,1H3,(H2,12,18)(H,13,14,16). The lowest BCUT2D eigenvalue weighted by atomic mass is 10.3. The first-order valence-electron chi connectivity index (χ1n) is 6.20. The van der Waals surface area contributed by atoms with E-state index in [1.54, 1.807) is 7.05 Å². The van der Waals surface area contributed by atoms with E-state index < -0.39 is 15.9 Å². The Morgan fingerprint density at radius 1 is 1.52 bits per heavy atom. The number of nitrogens with zero attached hydrogens (tertiary/aromatic N) is 3. The molecule has 4 N–H and O–H groups in total. The van der Waals surface area contributed by atoms with Crippen LogP contribution in [0.15, 0.2) is 23.5 Å². The molecular formula is C11H16N6O3S. The zero-order chi connectivity index (χ0) is 15.5. The van der Waals surface area contributed by atoms with Gasteiger partial charge in [-0.1, -0.05) is 0 Å². The lowest BCUT2D eigenvalue weighted by Gasteiger charge is -2.03. The Kier molecular flexibility index (Phi) is 4.38. The quantitative estimate of drug-likeness (QED) is 0.572. The average Bonchev–Trinajstić information content (AvgIpc) is 3.04. The van der Waals surface area contributed by atoms with Gasteiger partial charge >= 0.3 is 0 Å². The van der Waals surface area contributed by atoms with E-state index in [1.807, 2.05) is 0 Å². The van der Waals surface area contributed by atoms with E-state index in [2.05, 4.69) is 19.9 Å². The Balaban J connectivity index is 1.95. The topological polar surface area (TPSA) is 136 Å². The molecule has 21 heavy (non-hydrogen) atoms. The monoisotopic (exact) mass is 312 g/mol. The maximum atomic E-state index is 12.1. The molecule has 0 unspecified atom stereocenters. The Bertz CT molecular complexity index is 719. The number of amides is 1. The molecule has 0 bridgehead atoms. The van der Waals surface area contributed by atoms with Crippen LogP contribution in [0.4, 0.5) is 0 Å². The number of aromatic amines is 1. The van der Waals surface area contributed by atoms with Crippen LogP contribution in [0.1, 0.15) is 22.7 Å². The number of primary amides is 1. The summed E-state index contributed by atoms with van der Waals surface area (Å²) in [6, 6.07) is 1.25. The van der Waals surface area contributed by atoms with Crippen LogP contribution in [0, 0.1) is 0 Å².